The standard InChI is InChI=1S/C17H16FNO2/c1-21-14-8-4-7-13(15(14)18)17(20)16-12-6-3-2-5-11(12)9-10-19-16/h2-8,16,19H,9-10H2,1H3. The van der Waals surface area contributed by atoms with Crippen LogP contribution in [0.3, 0.4) is 0 Å². The summed E-state index contributed by atoms with van der Waals surface area (Å²) in [6.45, 7) is 0.707. The number of hydrogen-bond acceptors (Lipinski definition) is 3. The van der Waals surface area contributed by atoms with Gasteiger partial charge in [-0.05, 0) is 29.7 Å². The summed E-state index contributed by atoms with van der Waals surface area (Å²) in [6.07, 6.45) is 0.876. The molecule has 0 aliphatic carbocycles. The maximum atomic E-state index is 14.3. The first-order valence-corrected chi connectivity index (χ1v) is 6.90. The first kappa shape index (κ1) is 13.8. The van der Waals surface area contributed by atoms with Gasteiger partial charge in [-0.2, -0.15) is 0 Å². The van der Waals surface area contributed by atoms with Crippen LogP contribution in [-0.2, 0) is 6.42 Å². The maximum Gasteiger partial charge on any atom is 0.187 e. The van der Waals surface area contributed by atoms with Gasteiger partial charge < -0.3 is 10.1 Å². The molecule has 0 saturated carbocycles. The van der Waals surface area contributed by atoms with Crippen LogP contribution in [0.2, 0.25) is 0 Å². The lowest BCUT2D eigenvalue weighted by molar-refractivity contribution is 0.0934. The molecule has 1 aliphatic rings. The fraction of sp³-hybridized carbons (Fsp3) is 0.235. The minimum Gasteiger partial charge on any atom is -0.494 e. The molecule has 0 bridgehead atoms. The number of methoxy groups -OCH3 is 1. The molecule has 0 amide bonds. The number of halogens is 1. The number of Topliss-reactive ketones (excluding diaryl/α,β-unsaturated/α-hetero) is 1. The van der Waals surface area contributed by atoms with E-state index in [4.69, 9.17) is 4.74 Å². The van der Waals surface area contributed by atoms with Crippen LogP contribution < -0.4 is 10.1 Å². The molecule has 1 heterocycles. The predicted molar refractivity (Wildman–Crippen MR) is 78.2 cm³/mol. The first-order chi connectivity index (χ1) is 10.2. The Balaban J connectivity index is 2.01. The van der Waals surface area contributed by atoms with Gasteiger partial charge in [-0.1, -0.05) is 30.3 Å². The van der Waals surface area contributed by atoms with Gasteiger partial charge in [0.25, 0.3) is 0 Å². The van der Waals surface area contributed by atoms with Crippen LogP contribution >= 0.6 is 0 Å². The molecule has 1 aliphatic heterocycles. The highest BCUT2D eigenvalue weighted by atomic mass is 19.1. The summed E-state index contributed by atoms with van der Waals surface area (Å²) < 4.78 is 19.2. The van der Waals surface area contributed by atoms with Crippen molar-refractivity contribution in [2.24, 2.45) is 0 Å². The Bertz CT molecular complexity index is 684. The van der Waals surface area contributed by atoms with Gasteiger partial charge in [-0.3, -0.25) is 4.79 Å². The Morgan fingerprint density at radius 3 is 2.86 bits per heavy atom. The van der Waals surface area contributed by atoms with Gasteiger partial charge >= 0.3 is 0 Å². The summed E-state index contributed by atoms with van der Waals surface area (Å²) in [5.74, 6) is -0.779. The van der Waals surface area contributed by atoms with Crippen molar-refractivity contribution in [1.29, 1.82) is 0 Å². The predicted octanol–water partition coefficient (Wildman–Crippen LogP) is 2.90. The van der Waals surface area contributed by atoms with Gasteiger partial charge in [0.1, 0.15) is 0 Å². The van der Waals surface area contributed by atoms with Gasteiger partial charge in [0, 0.05) is 6.54 Å². The second-order valence-electron chi connectivity index (χ2n) is 5.02. The highest BCUT2D eigenvalue weighted by molar-refractivity contribution is 6.01. The molecule has 3 nitrogen and oxygen atoms in total. The number of hydrogen-bond donors (Lipinski definition) is 1. The van der Waals surface area contributed by atoms with Gasteiger partial charge in [-0.25, -0.2) is 4.39 Å². The topological polar surface area (TPSA) is 38.3 Å². The number of benzene rings is 2. The van der Waals surface area contributed by atoms with Gasteiger partial charge in [-0.15, -0.1) is 0 Å². The van der Waals surface area contributed by atoms with E-state index in [0.717, 1.165) is 17.5 Å². The van der Waals surface area contributed by atoms with E-state index in [9.17, 15) is 9.18 Å². The highest BCUT2D eigenvalue weighted by Crippen LogP contribution is 2.28. The van der Waals surface area contributed by atoms with Gasteiger partial charge in [0.15, 0.2) is 17.3 Å². The van der Waals surface area contributed by atoms with Crippen LogP contribution in [0.1, 0.15) is 27.5 Å². The summed E-state index contributed by atoms with van der Waals surface area (Å²) >= 11 is 0. The van der Waals surface area contributed by atoms with E-state index < -0.39 is 11.9 Å². The van der Waals surface area contributed by atoms with Crippen LogP contribution in [0.25, 0.3) is 0 Å². The van der Waals surface area contributed by atoms with E-state index in [0.29, 0.717) is 6.54 Å². The summed E-state index contributed by atoms with van der Waals surface area (Å²) in [6, 6.07) is 11.9. The van der Waals surface area contributed by atoms with E-state index in [1.54, 1.807) is 6.07 Å². The molecule has 0 saturated heterocycles. The molecule has 2 aromatic carbocycles. The molecule has 0 spiro atoms. The Kier molecular flexibility index (Phi) is 3.71. The summed E-state index contributed by atoms with van der Waals surface area (Å²) in [5, 5.41) is 3.18. The Morgan fingerprint density at radius 2 is 2.05 bits per heavy atom. The van der Waals surface area contributed by atoms with Crippen molar-refractivity contribution in [3.63, 3.8) is 0 Å². The Labute approximate surface area is 122 Å². The van der Waals surface area contributed by atoms with E-state index in [-0.39, 0.29) is 17.1 Å². The number of fused-ring (bicyclic) bond motifs is 1. The maximum absolute atomic E-state index is 14.3. The fourth-order valence-electron chi connectivity index (χ4n) is 2.75. The third kappa shape index (κ3) is 2.43. The van der Waals surface area contributed by atoms with Crippen molar-refractivity contribution in [2.45, 2.75) is 12.5 Å². The normalized spacial score (nSPS) is 17.1. The molecule has 2 aromatic rings. The van der Waals surface area contributed by atoms with Crippen molar-refractivity contribution in [3.05, 3.63) is 65.0 Å². The van der Waals surface area contributed by atoms with E-state index in [2.05, 4.69) is 5.32 Å². The Morgan fingerprint density at radius 1 is 1.24 bits per heavy atom. The molecule has 1 atom stereocenters. The lowest BCUT2D eigenvalue weighted by atomic mass is 9.89. The SMILES string of the molecule is COc1cccc(C(=O)C2NCCc3ccccc32)c1F. The van der Waals surface area contributed by atoms with Crippen molar-refractivity contribution < 1.29 is 13.9 Å². The van der Waals surface area contributed by atoms with Crippen LogP contribution in [0.4, 0.5) is 4.39 Å². The zero-order chi connectivity index (χ0) is 14.8. The number of rotatable bonds is 3. The summed E-state index contributed by atoms with van der Waals surface area (Å²) in [5.41, 5.74) is 2.12. The smallest absolute Gasteiger partial charge is 0.187 e. The first-order valence-electron chi connectivity index (χ1n) is 6.90. The second kappa shape index (κ2) is 5.66. The molecule has 0 aromatic heterocycles. The largest absolute Gasteiger partial charge is 0.494 e. The average molecular weight is 285 g/mol. The number of nitrogens with one attached hydrogen (secondary N) is 1. The second-order valence-corrected chi connectivity index (χ2v) is 5.02. The van der Waals surface area contributed by atoms with Crippen LogP contribution in [0.15, 0.2) is 42.5 Å². The van der Waals surface area contributed by atoms with E-state index >= 15 is 0 Å². The monoisotopic (exact) mass is 285 g/mol. The van der Waals surface area contributed by atoms with E-state index in [1.807, 2.05) is 24.3 Å². The van der Waals surface area contributed by atoms with Crippen LogP contribution in [0, 0.1) is 5.82 Å². The third-order valence-corrected chi connectivity index (χ3v) is 3.82. The molecule has 0 radical (unpaired) electrons. The highest BCUT2D eigenvalue weighted by Gasteiger charge is 2.29. The van der Waals surface area contributed by atoms with Gasteiger partial charge in [0.2, 0.25) is 0 Å². The number of ether oxygens (including phenoxy) is 1. The zero-order valence-electron chi connectivity index (χ0n) is 11.7. The average Bonchev–Trinajstić information content (AvgIpc) is 2.54. The minimum absolute atomic E-state index is 0.0588. The molecule has 4 heteroatoms. The minimum atomic E-state index is -0.602. The molecule has 3 rings (SSSR count). The quantitative estimate of drug-likeness (QED) is 0.881. The Hall–Kier alpha value is -2.20. The molecule has 21 heavy (non-hydrogen) atoms. The van der Waals surface area contributed by atoms with E-state index in [1.165, 1.54) is 19.2 Å². The zero-order valence-corrected chi connectivity index (χ0v) is 11.7. The third-order valence-electron chi connectivity index (χ3n) is 3.82. The fourth-order valence-corrected chi connectivity index (χ4v) is 2.75. The molecule has 1 unspecified atom stereocenters. The summed E-state index contributed by atoms with van der Waals surface area (Å²) in [4.78, 5) is 12.7. The van der Waals surface area contributed by atoms with Crippen molar-refractivity contribution in [3.8, 4) is 5.75 Å². The van der Waals surface area contributed by atoms with Crippen LogP contribution in [0.5, 0.6) is 5.75 Å². The number of ketones is 1. The van der Waals surface area contributed by atoms with Crippen molar-refractivity contribution in [1.82, 2.24) is 5.32 Å². The van der Waals surface area contributed by atoms with Crippen molar-refractivity contribution in [2.75, 3.05) is 13.7 Å². The molecular formula is C17H16FNO2. The lowest BCUT2D eigenvalue weighted by Gasteiger charge is -2.26. The molecule has 1 N–H and O–H groups in total. The lowest BCUT2D eigenvalue weighted by Crippen LogP contribution is -2.35. The van der Waals surface area contributed by atoms with Crippen molar-refractivity contribution >= 4 is 5.78 Å². The van der Waals surface area contributed by atoms with Gasteiger partial charge in [0.05, 0.1) is 18.7 Å². The number of carbonyl (C=O) groups is 1. The molecule has 108 valence electrons. The number of carbonyl (C=O) groups excluding carboxylic acids is 1. The molecule has 0 fully saturated rings. The molecular weight excluding hydrogens is 269 g/mol. The summed E-state index contributed by atoms with van der Waals surface area (Å²) in [7, 11) is 1.39. The van der Waals surface area contributed by atoms with Crippen LogP contribution in [-0.4, -0.2) is 19.4 Å².